The van der Waals surface area contributed by atoms with Gasteiger partial charge in [-0.2, -0.15) is 0 Å². The predicted molar refractivity (Wildman–Crippen MR) is 108 cm³/mol. The van der Waals surface area contributed by atoms with Gasteiger partial charge in [-0.1, -0.05) is 0 Å². The van der Waals surface area contributed by atoms with Crippen molar-refractivity contribution in [3.05, 3.63) is 24.3 Å². The van der Waals surface area contributed by atoms with Gasteiger partial charge in [0.25, 0.3) is 0 Å². The number of piperidine rings is 2. The Labute approximate surface area is 172 Å². The number of hydrogen-bond donors (Lipinski definition) is 1. The fourth-order valence-electron chi connectivity index (χ4n) is 3.96. The van der Waals surface area contributed by atoms with Gasteiger partial charge in [0.15, 0.2) is 0 Å². The molecule has 1 aromatic rings. The fraction of sp³-hybridized carbons (Fsp3) is 0.600. The van der Waals surface area contributed by atoms with Crippen molar-refractivity contribution in [2.75, 3.05) is 33.3 Å². The summed E-state index contributed by atoms with van der Waals surface area (Å²) >= 11 is 0. The number of nitrogens with one attached hydrogen (secondary N) is 1. The molecule has 2 amide bonds. The Morgan fingerprint density at radius 1 is 0.966 bits per heavy atom. The van der Waals surface area contributed by atoms with E-state index in [0.717, 1.165) is 0 Å². The summed E-state index contributed by atoms with van der Waals surface area (Å²) in [4.78, 5) is 28.0. The van der Waals surface area contributed by atoms with Gasteiger partial charge in [0, 0.05) is 45.1 Å². The van der Waals surface area contributed by atoms with Crippen LogP contribution in [0.3, 0.4) is 0 Å². The van der Waals surface area contributed by atoms with E-state index in [1.807, 2.05) is 4.90 Å². The molecule has 0 saturated carbocycles. The summed E-state index contributed by atoms with van der Waals surface area (Å²) in [6.07, 6.45) is 2.58. The lowest BCUT2D eigenvalue weighted by atomic mass is 9.94. The molecule has 2 saturated heterocycles. The topological polar surface area (TPSA) is 96.0 Å². The maximum atomic E-state index is 12.8. The number of nitrogens with zero attached hydrogens (tertiary/aromatic N) is 2. The first-order valence-electron chi connectivity index (χ1n) is 10.0. The SMILES string of the molecule is COc1ccc(S(=O)(=O)NC2CCN(C(=O)C3CCN(C(C)=O)CC3)CC2)cc1. The van der Waals surface area contributed by atoms with Crippen LogP contribution >= 0.6 is 0 Å². The van der Waals surface area contributed by atoms with Crippen molar-refractivity contribution in [3.8, 4) is 5.75 Å². The molecular weight excluding hydrogens is 394 g/mol. The first kappa shape index (κ1) is 21.6. The molecule has 2 aliphatic rings. The van der Waals surface area contributed by atoms with Gasteiger partial charge >= 0.3 is 0 Å². The van der Waals surface area contributed by atoms with Gasteiger partial charge in [0.2, 0.25) is 21.8 Å². The molecule has 0 aliphatic carbocycles. The second kappa shape index (κ2) is 9.13. The number of methoxy groups -OCH3 is 1. The summed E-state index contributed by atoms with van der Waals surface area (Å²) in [6, 6.07) is 6.09. The minimum Gasteiger partial charge on any atom is -0.497 e. The van der Waals surface area contributed by atoms with Crippen molar-refractivity contribution in [3.63, 3.8) is 0 Å². The molecular formula is C20H29N3O5S. The van der Waals surface area contributed by atoms with Gasteiger partial charge in [-0.15, -0.1) is 0 Å². The smallest absolute Gasteiger partial charge is 0.240 e. The zero-order chi connectivity index (χ0) is 21.0. The number of carbonyl (C=O) groups excluding carboxylic acids is 2. The summed E-state index contributed by atoms with van der Waals surface area (Å²) in [5.41, 5.74) is 0. The van der Waals surface area contributed by atoms with Crippen molar-refractivity contribution in [2.45, 2.75) is 43.5 Å². The number of rotatable bonds is 5. The molecule has 0 aromatic heterocycles. The monoisotopic (exact) mass is 423 g/mol. The highest BCUT2D eigenvalue weighted by molar-refractivity contribution is 7.89. The van der Waals surface area contributed by atoms with Crippen molar-refractivity contribution < 1.29 is 22.7 Å². The van der Waals surface area contributed by atoms with E-state index >= 15 is 0 Å². The van der Waals surface area contributed by atoms with Crippen LogP contribution in [0.2, 0.25) is 0 Å². The van der Waals surface area contributed by atoms with Crippen molar-refractivity contribution in [1.82, 2.24) is 14.5 Å². The summed E-state index contributed by atoms with van der Waals surface area (Å²) in [5.74, 6) is 0.744. The lowest BCUT2D eigenvalue weighted by Crippen LogP contribution is -2.49. The Bertz CT molecular complexity index is 824. The minimum atomic E-state index is -3.60. The quantitative estimate of drug-likeness (QED) is 0.768. The average Bonchev–Trinajstić information content (AvgIpc) is 2.73. The van der Waals surface area contributed by atoms with Crippen LogP contribution in [0.5, 0.6) is 5.75 Å². The molecule has 2 heterocycles. The van der Waals surface area contributed by atoms with E-state index in [1.165, 1.54) is 19.2 Å². The van der Waals surface area contributed by atoms with Crippen LogP contribution in [0.1, 0.15) is 32.6 Å². The molecule has 160 valence electrons. The Kier molecular flexibility index (Phi) is 6.79. The molecule has 9 heteroatoms. The van der Waals surface area contributed by atoms with E-state index in [4.69, 9.17) is 4.74 Å². The molecule has 3 rings (SSSR count). The molecule has 1 aromatic carbocycles. The number of benzene rings is 1. The Morgan fingerprint density at radius 3 is 2.03 bits per heavy atom. The standard InChI is InChI=1S/C20H29N3O5S/c1-15(24)22-11-7-16(8-12-22)20(25)23-13-9-17(10-14-23)21-29(26,27)19-5-3-18(28-2)4-6-19/h3-6,16-17,21H,7-14H2,1-2H3. The predicted octanol–water partition coefficient (Wildman–Crippen LogP) is 1.22. The maximum absolute atomic E-state index is 12.8. The molecule has 0 spiro atoms. The number of amides is 2. The molecule has 2 fully saturated rings. The molecule has 0 atom stereocenters. The Hall–Kier alpha value is -2.13. The summed E-state index contributed by atoms with van der Waals surface area (Å²) in [6.45, 7) is 3.90. The summed E-state index contributed by atoms with van der Waals surface area (Å²) in [7, 11) is -2.07. The van der Waals surface area contributed by atoms with E-state index < -0.39 is 10.0 Å². The average molecular weight is 424 g/mol. The Balaban J connectivity index is 1.50. The summed E-state index contributed by atoms with van der Waals surface area (Å²) < 4.78 is 33.0. The number of hydrogen-bond acceptors (Lipinski definition) is 5. The van der Waals surface area contributed by atoms with Gasteiger partial charge in [-0.05, 0) is 49.9 Å². The first-order chi connectivity index (χ1) is 13.8. The van der Waals surface area contributed by atoms with E-state index in [2.05, 4.69) is 4.72 Å². The molecule has 0 unspecified atom stereocenters. The molecule has 29 heavy (non-hydrogen) atoms. The van der Waals surface area contributed by atoms with Gasteiger partial charge in [-0.3, -0.25) is 9.59 Å². The molecule has 8 nitrogen and oxygen atoms in total. The van der Waals surface area contributed by atoms with Gasteiger partial charge in [0.05, 0.1) is 12.0 Å². The normalized spacial score (nSPS) is 19.2. The third-order valence-corrected chi connectivity index (χ3v) is 7.32. The first-order valence-corrected chi connectivity index (χ1v) is 11.5. The van der Waals surface area contributed by atoms with Crippen molar-refractivity contribution in [2.24, 2.45) is 5.92 Å². The maximum Gasteiger partial charge on any atom is 0.240 e. The highest BCUT2D eigenvalue weighted by Gasteiger charge is 2.32. The van der Waals surface area contributed by atoms with Crippen LogP contribution in [0.4, 0.5) is 0 Å². The Morgan fingerprint density at radius 2 is 1.52 bits per heavy atom. The van der Waals surface area contributed by atoms with Crippen molar-refractivity contribution in [1.29, 1.82) is 0 Å². The van der Waals surface area contributed by atoms with Crippen LogP contribution in [0.25, 0.3) is 0 Å². The fourth-order valence-corrected chi connectivity index (χ4v) is 5.26. The van der Waals surface area contributed by atoms with Gasteiger partial charge in [0.1, 0.15) is 5.75 Å². The number of ether oxygens (including phenoxy) is 1. The lowest BCUT2D eigenvalue weighted by molar-refractivity contribution is -0.140. The number of likely N-dealkylation sites (tertiary alicyclic amines) is 2. The lowest BCUT2D eigenvalue weighted by Gasteiger charge is -2.37. The van der Waals surface area contributed by atoms with E-state index in [1.54, 1.807) is 24.0 Å². The number of sulfonamides is 1. The summed E-state index contributed by atoms with van der Waals surface area (Å²) in [5, 5.41) is 0. The largest absolute Gasteiger partial charge is 0.497 e. The third-order valence-electron chi connectivity index (χ3n) is 5.79. The highest BCUT2D eigenvalue weighted by atomic mass is 32.2. The highest BCUT2D eigenvalue weighted by Crippen LogP contribution is 2.23. The van der Waals surface area contributed by atoms with E-state index in [9.17, 15) is 18.0 Å². The zero-order valence-corrected chi connectivity index (χ0v) is 17.8. The van der Waals surface area contributed by atoms with Crippen LogP contribution in [-0.2, 0) is 19.6 Å². The van der Waals surface area contributed by atoms with Crippen molar-refractivity contribution >= 4 is 21.8 Å². The molecule has 0 bridgehead atoms. The minimum absolute atomic E-state index is 0.0434. The third kappa shape index (κ3) is 5.27. The van der Waals surface area contributed by atoms with Crippen LogP contribution in [0, 0.1) is 5.92 Å². The van der Waals surface area contributed by atoms with E-state index in [0.29, 0.717) is 57.6 Å². The number of carbonyl (C=O) groups is 2. The van der Waals surface area contributed by atoms with Gasteiger partial charge in [-0.25, -0.2) is 13.1 Å². The second-order valence-electron chi connectivity index (χ2n) is 7.68. The molecule has 0 radical (unpaired) electrons. The van der Waals surface area contributed by atoms with E-state index in [-0.39, 0.29) is 28.7 Å². The van der Waals surface area contributed by atoms with Crippen LogP contribution in [-0.4, -0.2) is 69.4 Å². The van der Waals surface area contributed by atoms with Crippen LogP contribution in [0.15, 0.2) is 29.2 Å². The van der Waals surface area contributed by atoms with Gasteiger partial charge < -0.3 is 14.5 Å². The molecule has 1 N–H and O–H groups in total. The van der Waals surface area contributed by atoms with Crippen LogP contribution < -0.4 is 9.46 Å². The second-order valence-corrected chi connectivity index (χ2v) is 9.39. The zero-order valence-electron chi connectivity index (χ0n) is 17.0. The molecule has 2 aliphatic heterocycles.